The monoisotopic (exact) mass is 666 g/mol. The molecule has 0 aliphatic carbocycles. The van der Waals surface area contributed by atoms with Gasteiger partial charge in [0.25, 0.3) is 0 Å². The highest BCUT2D eigenvalue weighted by Crippen LogP contribution is 2.33. The van der Waals surface area contributed by atoms with Crippen LogP contribution in [-0.2, 0) is 27.4 Å². The molecule has 1 fully saturated rings. The number of hydrogen-bond donors (Lipinski definition) is 2. The minimum atomic E-state index is -1.07. The molecule has 1 aliphatic heterocycles. The smallest absolute Gasteiger partial charge is 0.328 e. The molecule has 2 N–H and O–H groups in total. The third kappa shape index (κ3) is 14.6. The number of carboxylic acid groups (broad SMARTS) is 2. The van der Waals surface area contributed by atoms with Crippen LogP contribution in [0.3, 0.4) is 0 Å². The number of hydrogen-bond acceptors (Lipinski definition) is 5. The lowest BCUT2D eigenvalue weighted by Crippen LogP contribution is -2.40. The molecule has 4 aromatic rings. The lowest BCUT2D eigenvalue weighted by atomic mass is 9.89. The number of carboxylic acids is 2. The van der Waals surface area contributed by atoms with Crippen molar-refractivity contribution in [2.45, 2.75) is 38.6 Å². The molecule has 0 unspecified atom stereocenters. The molecular formula is C40H50N2O5Si. The van der Waals surface area contributed by atoms with Gasteiger partial charge in [0, 0.05) is 45.3 Å². The van der Waals surface area contributed by atoms with Crippen molar-refractivity contribution in [2.24, 2.45) is 5.92 Å². The van der Waals surface area contributed by atoms with Gasteiger partial charge in [-0.2, -0.15) is 0 Å². The van der Waals surface area contributed by atoms with E-state index >= 15 is 0 Å². The van der Waals surface area contributed by atoms with Crippen molar-refractivity contribution < 1.29 is 24.5 Å². The van der Waals surface area contributed by atoms with E-state index in [0.29, 0.717) is 6.54 Å². The van der Waals surface area contributed by atoms with E-state index in [4.69, 9.17) is 9.84 Å². The van der Waals surface area contributed by atoms with E-state index in [-0.39, 0.29) is 11.8 Å². The van der Waals surface area contributed by atoms with E-state index in [9.17, 15) is 14.7 Å². The Kier molecular flexibility index (Phi) is 16.0. The summed E-state index contributed by atoms with van der Waals surface area (Å²) in [7, 11) is 0.701. The zero-order valence-electron chi connectivity index (χ0n) is 28.6. The summed E-state index contributed by atoms with van der Waals surface area (Å²) in [6, 6.07) is 40.1. The van der Waals surface area contributed by atoms with Gasteiger partial charge in [0.15, 0.2) is 0 Å². The van der Waals surface area contributed by atoms with Crippen molar-refractivity contribution in [3.8, 4) is 0 Å². The molecule has 7 nitrogen and oxygen atoms in total. The highest BCUT2D eigenvalue weighted by atomic mass is 28.3. The molecule has 0 bridgehead atoms. The standard InChI is InChI=1S/C18H19NO2.C13H23NOSi.C9H8O2/c20-18(21)17-13-19(11-14-7-3-1-4-8-14)12-16(17)15-9-5-2-6-10-15;1-15-11-14(12-16(2,3)4)10-13-8-6-5-7-9-13;10-9(11)7-6-8-4-2-1-3-5-8/h1-10,16-17H,11-13H2,(H,20,21);5-9H,10-12H2,1-4H3;1-7H,(H,10,11)/b;;7-6-/t16-,17-;;/m0../s1. The molecule has 0 saturated carbocycles. The maximum atomic E-state index is 11.6. The van der Waals surface area contributed by atoms with Gasteiger partial charge in [0.2, 0.25) is 0 Å². The predicted octanol–water partition coefficient (Wildman–Crippen LogP) is 7.74. The van der Waals surface area contributed by atoms with Crippen LogP contribution in [0.15, 0.2) is 127 Å². The van der Waals surface area contributed by atoms with Gasteiger partial charge < -0.3 is 14.9 Å². The van der Waals surface area contributed by atoms with E-state index < -0.39 is 20.0 Å². The fourth-order valence-corrected chi connectivity index (χ4v) is 7.26. The fourth-order valence-electron chi connectivity index (χ4n) is 5.72. The molecule has 5 rings (SSSR count). The molecule has 0 amide bonds. The van der Waals surface area contributed by atoms with Gasteiger partial charge in [0.1, 0.15) is 0 Å². The van der Waals surface area contributed by atoms with Crippen molar-refractivity contribution in [3.05, 3.63) is 150 Å². The minimum absolute atomic E-state index is 0.0763. The Morgan fingerprint density at radius 1 is 0.792 bits per heavy atom. The first-order valence-corrected chi connectivity index (χ1v) is 20.0. The number of ether oxygens (including phenoxy) is 1. The number of rotatable bonds is 12. The van der Waals surface area contributed by atoms with E-state index in [1.165, 1.54) is 17.3 Å². The second-order valence-corrected chi connectivity index (χ2v) is 18.6. The Labute approximate surface area is 287 Å². The molecular weight excluding hydrogens is 617 g/mol. The summed E-state index contributed by atoms with van der Waals surface area (Å²) < 4.78 is 5.27. The lowest BCUT2D eigenvalue weighted by molar-refractivity contribution is -0.141. The summed E-state index contributed by atoms with van der Waals surface area (Å²) in [5.74, 6) is -1.86. The van der Waals surface area contributed by atoms with E-state index in [0.717, 1.165) is 43.6 Å². The maximum Gasteiger partial charge on any atom is 0.328 e. The first-order chi connectivity index (χ1) is 23.0. The first kappa shape index (κ1) is 38.1. The molecule has 8 heteroatoms. The van der Waals surface area contributed by atoms with Gasteiger partial charge in [-0.05, 0) is 34.5 Å². The third-order valence-corrected chi connectivity index (χ3v) is 9.06. The van der Waals surface area contributed by atoms with Gasteiger partial charge in [-0.15, -0.1) is 0 Å². The Hall–Kier alpha value is -4.34. The Morgan fingerprint density at radius 3 is 1.81 bits per heavy atom. The van der Waals surface area contributed by atoms with Crippen molar-refractivity contribution >= 4 is 26.1 Å². The molecule has 48 heavy (non-hydrogen) atoms. The maximum absolute atomic E-state index is 11.6. The highest BCUT2D eigenvalue weighted by Gasteiger charge is 2.38. The van der Waals surface area contributed by atoms with Gasteiger partial charge in [0.05, 0.1) is 20.7 Å². The number of nitrogens with zero attached hydrogens (tertiary/aromatic N) is 2. The van der Waals surface area contributed by atoms with Crippen LogP contribution in [0.4, 0.5) is 0 Å². The fraction of sp³-hybridized carbons (Fsp3) is 0.300. The van der Waals surface area contributed by atoms with Crippen LogP contribution in [0.25, 0.3) is 6.08 Å². The minimum Gasteiger partial charge on any atom is -0.481 e. The van der Waals surface area contributed by atoms with Crippen LogP contribution in [-0.4, -0.2) is 73.1 Å². The van der Waals surface area contributed by atoms with Crippen LogP contribution in [0.1, 0.15) is 28.2 Å². The van der Waals surface area contributed by atoms with Gasteiger partial charge in [-0.25, -0.2) is 4.79 Å². The predicted molar refractivity (Wildman–Crippen MR) is 197 cm³/mol. The zero-order chi connectivity index (χ0) is 34.8. The van der Waals surface area contributed by atoms with Crippen LogP contribution in [0.2, 0.25) is 19.6 Å². The quantitative estimate of drug-likeness (QED) is 0.0908. The van der Waals surface area contributed by atoms with Crippen LogP contribution < -0.4 is 0 Å². The molecule has 2 atom stereocenters. The number of likely N-dealkylation sites (tertiary alicyclic amines) is 1. The number of aliphatic carboxylic acids is 2. The van der Waals surface area contributed by atoms with Gasteiger partial charge in [-0.1, -0.05) is 141 Å². The zero-order valence-corrected chi connectivity index (χ0v) is 29.6. The molecule has 4 aromatic carbocycles. The molecule has 1 heterocycles. The Morgan fingerprint density at radius 2 is 1.31 bits per heavy atom. The third-order valence-electron chi connectivity index (χ3n) is 7.67. The van der Waals surface area contributed by atoms with Crippen molar-refractivity contribution in [1.82, 2.24) is 9.80 Å². The van der Waals surface area contributed by atoms with Crippen LogP contribution >= 0.6 is 0 Å². The van der Waals surface area contributed by atoms with Crippen LogP contribution in [0.5, 0.6) is 0 Å². The van der Waals surface area contributed by atoms with Crippen molar-refractivity contribution in [1.29, 1.82) is 0 Å². The second-order valence-electron chi connectivity index (χ2n) is 13.2. The normalized spacial score (nSPS) is 16.1. The number of carbonyl (C=O) groups is 2. The summed E-state index contributed by atoms with van der Waals surface area (Å²) in [6.45, 7) is 11.1. The average molecular weight is 667 g/mol. The Bertz CT molecular complexity index is 1510. The van der Waals surface area contributed by atoms with Crippen molar-refractivity contribution in [3.63, 3.8) is 0 Å². The summed E-state index contributed by atoms with van der Waals surface area (Å²) in [4.78, 5) is 26.3. The highest BCUT2D eigenvalue weighted by molar-refractivity contribution is 6.76. The number of methoxy groups -OCH3 is 1. The van der Waals surface area contributed by atoms with Gasteiger partial charge >= 0.3 is 11.9 Å². The lowest BCUT2D eigenvalue weighted by Gasteiger charge is -2.28. The first-order valence-electron chi connectivity index (χ1n) is 16.3. The van der Waals surface area contributed by atoms with E-state index in [1.54, 1.807) is 13.2 Å². The molecule has 1 saturated heterocycles. The van der Waals surface area contributed by atoms with E-state index in [2.05, 4.69) is 71.9 Å². The largest absolute Gasteiger partial charge is 0.481 e. The molecule has 254 valence electrons. The summed E-state index contributed by atoms with van der Waals surface area (Å²) in [6.07, 6.45) is 3.85. The van der Waals surface area contributed by atoms with Crippen molar-refractivity contribution in [2.75, 3.05) is 33.1 Å². The van der Waals surface area contributed by atoms with Crippen LogP contribution in [0, 0.1) is 5.92 Å². The average Bonchev–Trinajstić information content (AvgIpc) is 3.50. The molecule has 0 aromatic heterocycles. The summed E-state index contributed by atoms with van der Waals surface area (Å²) in [5, 5.41) is 17.8. The molecule has 1 aliphatic rings. The number of benzene rings is 4. The van der Waals surface area contributed by atoms with E-state index in [1.807, 2.05) is 78.9 Å². The molecule has 0 spiro atoms. The summed E-state index contributed by atoms with van der Waals surface area (Å²) in [5.41, 5.74) is 4.61. The topological polar surface area (TPSA) is 90.3 Å². The van der Waals surface area contributed by atoms with Gasteiger partial charge in [-0.3, -0.25) is 14.6 Å². The SMILES string of the molecule is COCN(Cc1ccccc1)C[Si](C)(C)C.O=C(O)/C=C\c1ccccc1.O=C(O)[C@H]1CN(Cc2ccccc2)C[C@H]1c1ccccc1. The second kappa shape index (κ2) is 20.1. The summed E-state index contributed by atoms with van der Waals surface area (Å²) >= 11 is 0. The Balaban J connectivity index is 0.000000206. The molecule has 0 radical (unpaired) electrons.